The number of benzene rings is 1. The summed E-state index contributed by atoms with van der Waals surface area (Å²) in [5.74, 6) is -0.565. The van der Waals surface area contributed by atoms with Crippen molar-refractivity contribution >= 4 is 12.1 Å². The van der Waals surface area contributed by atoms with E-state index in [-0.39, 0.29) is 23.5 Å². The van der Waals surface area contributed by atoms with Crippen molar-refractivity contribution in [2.75, 3.05) is 33.0 Å². The van der Waals surface area contributed by atoms with Crippen molar-refractivity contribution in [1.29, 1.82) is 0 Å². The van der Waals surface area contributed by atoms with E-state index >= 15 is 4.39 Å². The molecule has 0 radical (unpaired) electrons. The van der Waals surface area contributed by atoms with E-state index in [9.17, 15) is 4.79 Å². The molecule has 0 saturated carbocycles. The molecule has 2 rings (SSSR count). The van der Waals surface area contributed by atoms with Crippen LogP contribution in [0.4, 0.5) is 4.39 Å². The molecule has 210 valence electrons. The Bertz CT molecular complexity index is 798. The number of hydrogen-bond acceptors (Lipinski definition) is 6. The third kappa shape index (κ3) is 9.78. The molecule has 0 amide bonds. The molecule has 37 heavy (non-hydrogen) atoms. The van der Waals surface area contributed by atoms with Crippen molar-refractivity contribution < 1.29 is 32.9 Å². The highest BCUT2D eigenvalue weighted by molar-refractivity contribution is 5.84. The fourth-order valence-electron chi connectivity index (χ4n) is 4.15. The molecule has 1 aromatic carbocycles. The third-order valence-corrected chi connectivity index (χ3v) is 6.40. The van der Waals surface area contributed by atoms with Crippen LogP contribution in [-0.4, -0.2) is 63.7 Å². The Morgan fingerprint density at radius 1 is 0.838 bits per heavy atom. The van der Waals surface area contributed by atoms with Crippen LogP contribution in [0, 0.1) is 0 Å². The summed E-state index contributed by atoms with van der Waals surface area (Å²) in [6.45, 7) is 10.7. The number of halogens is 1. The molecular weight excluding hydrogens is 475 g/mol. The van der Waals surface area contributed by atoms with Crippen molar-refractivity contribution in [3.05, 3.63) is 41.2 Å². The standard InChI is InChI=1S/C30H47FO6/c1-5-9-17-33-22-25-27(34-18-10-6-2)29(35-19-11-7-3)30(36-20-12-8-4)28(37-25)26(31)24-16-14-13-15-23(24)21-32/h13-16,21,25,27,29-30H,5-12,17-20,22H2,1-4H3/t25-,27-,29+,30+/m1/s1. The van der Waals surface area contributed by atoms with Crippen molar-refractivity contribution in [3.8, 4) is 0 Å². The zero-order valence-corrected chi connectivity index (χ0v) is 23.2. The first-order valence-corrected chi connectivity index (χ1v) is 14.2. The van der Waals surface area contributed by atoms with Gasteiger partial charge in [-0.3, -0.25) is 4.79 Å². The van der Waals surface area contributed by atoms with Crippen LogP contribution in [0.2, 0.25) is 0 Å². The maximum Gasteiger partial charge on any atom is 0.171 e. The lowest BCUT2D eigenvalue weighted by Crippen LogP contribution is -2.57. The summed E-state index contributed by atoms with van der Waals surface area (Å²) in [6.07, 6.45) is 5.66. The van der Waals surface area contributed by atoms with E-state index in [1.54, 1.807) is 24.3 Å². The number of carbonyl (C=O) groups is 1. The predicted molar refractivity (Wildman–Crippen MR) is 144 cm³/mol. The predicted octanol–water partition coefficient (Wildman–Crippen LogP) is 6.91. The third-order valence-electron chi connectivity index (χ3n) is 6.40. The Morgan fingerprint density at radius 2 is 1.41 bits per heavy atom. The molecule has 1 aliphatic heterocycles. The molecule has 1 saturated heterocycles. The maximum atomic E-state index is 16.2. The van der Waals surface area contributed by atoms with E-state index in [0.29, 0.717) is 32.7 Å². The zero-order valence-electron chi connectivity index (χ0n) is 23.2. The summed E-state index contributed by atoms with van der Waals surface area (Å²) in [5, 5.41) is 0. The lowest BCUT2D eigenvalue weighted by molar-refractivity contribution is -0.215. The second-order valence-electron chi connectivity index (χ2n) is 9.49. The van der Waals surface area contributed by atoms with Crippen LogP contribution in [0.5, 0.6) is 0 Å². The summed E-state index contributed by atoms with van der Waals surface area (Å²) in [4.78, 5) is 11.7. The molecular formula is C30H47FO6. The molecule has 7 heteroatoms. The van der Waals surface area contributed by atoms with Crippen molar-refractivity contribution in [2.45, 2.75) is 103 Å². The van der Waals surface area contributed by atoms with Crippen LogP contribution in [-0.2, 0) is 23.7 Å². The molecule has 1 heterocycles. The van der Waals surface area contributed by atoms with Gasteiger partial charge in [-0.05, 0) is 25.7 Å². The van der Waals surface area contributed by atoms with E-state index in [0.717, 1.165) is 51.4 Å². The highest BCUT2D eigenvalue weighted by Crippen LogP contribution is 2.37. The van der Waals surface area contributed by atoms with Gasteiger partial charge >= 0.3 is 0 Å². The normalized spacial score (nSPS) is 23.1. The van der Waals surface area contributed by atoms with E-state index in [2.05, 4.69) is 27.7 Å². The van der Waals surface area contributed by atoms with Crippen LogP contribution in [0.3, 0.4) is 0 Å². The highest BCUT2D eigenvalue weighted by atomic mass is 19.1. The average molecular weight is 523 g/mol. The van der Waals surface area contributed by atoms with Gasteiger partial charge in [0.2, 0.25) is 0 Å². The monoisotopic (exact) mass is 522 g/mol. The molecule has 4 atom stereocenters. The van der Waals surface area contributed by atoms with Crippen LogP contribution in [0.25, 0.3) is 5.83 Å². The van der Waals surface area contributed by atoms with Gasteiger partial charge in [-0.2, -0.15) is 0 Å². The van der Waals surface area contributed by atoms with Crippen LogP contribution in [0.1, 0.15) is 95.0 Å². The average Bonchev–Trinajstić information content (AvgIpc) is 2.92. The van der Waals surface area contributed by atoms with Crippen LogP contribution >= 0.6 is 0 Å². The first kappa shape index (κ1) is 31.4. The van der Waals surface area contributed by atoms with Gasteiger partial charge < -0.3 is 23.7 Å². The van der Waals surface area contributed by atoms with Gasteiger partial charge in [0.05, 0.1) is 6.61 Å². The number of rotatable bonds is 19. The quantitative estimate of drug-likeness (QED) is 0.145. The van der Waals surface area contributed by atoms with E-state index in [4.69, 9.17) is 23.7 Å². The van der Waals surface area contributed by atoms with Gasteiger partial charge in [0.1, 0.15) is 18.3 Å². The van der Waals surface area contributed by atoms with Crippen LogP contribution < -0.4 is 0 Å². The van der Waals surface area contributed by atoms with Crippen molar-refractivity contribution in [2.24, 2.45) is 0 Å². The Kier molecular flexibility index (Phi) is 15.7. The van der Waals surface area contributed by atoms with E-state index in [1.807, 2.05) is 0 Å². The summed E-state index contributed by atoms with van der Waals surface area (Å²) in [5.41, 5.74) is 0.434. The first-order valence-electron chi connectivity index (χ1n) is 14.2. The minimum atomic E-state index is -0.804. The molecule has 0 aliphatic carbocycles. The summed E-state index contributed by atoms with van der Waals surface area (Å²) in [7, 11) is 0. The maximum absolute atomic E-state index is 16.2. The molecule has 0 N–H and O–H groups in total. The van der Waals surface area contributed by atoms with Crippen LogP contribution in [0.15, 0.2) is 30.0 Å². The topological polar surface area (TPSA) is 63.2 Å². The van der Waals surface area contributed by atoms with Gasteiger partial charge in [-0.15, -0.1) is 0 Å². The number of ether oxygens (including phenoxy) is 5. The van der Waals surface area contributed by atoms with E-state index < -0.39 is 30.2 Å². The van der Waals surface area contributed by atoms with Crippen molar-refractivity contribution in [3.63, 3.8) is 0 Å². The fourth-order valence-corrected chi connectivity index (χ4v) is 4.15. The molecule has 0 unspecified atom stereocenters. The lowest BCUT2D eigenvalue weighted by atomic mass is 9.94. The summed E-state index contributed by atoms with van der Waals surface area (Å²) < 4.78 is 47.5. The number of carbonyl (C=O) groups excluding carboxylic acids is 1. The number of hydrogen-bond donors (Lipinski definition) is 0. The molecule has 6 nitrogen and oxygen atoms in total. The largest absolute Gasteiger partial charge is 0.484 e. The Labute approximate surface area is 222 Å². The number of aldehydes is 1. The SMILES string of the molecule is CCCCOC[C@H]1OC(=C(F)c2ccccc2C=O)[C@H](OCCCC)[C@@H](OCCCC)[C@@H]1OCCCC. The fraction of sp³-hybridized carbons (Fsp3) is 0.700. The van der Waals surface area contributed by atoms with Gasteiger partial charge in [0, 0.05) is 37.6 Å². The highest BCUT2D eigenvalue weighted by Gasteiger charge is 2.48. The number of unbranched alkanes of at least 4 members (excludes halogenated alkanes) is 4. The second-order valence-corrected chi connectivity index (χ2v) is 9.49. The zero-order chi connectivity index (χ0) is 26.9. The van der Waals surface area contributed by atoms with Gasteiger partial charge in [0.15, 0.2) is 24.0 Å². The van der Waals surface area contributed by atoms with Gasteiger partial charge in [0.25, 0.3) is 0 Å². The molecule has 0 spiro atoms. The van der Waals surface area contributed by atoms with Crippen molar-refractivity contribution in [1.82, 2.24) is 0 Å². The van der Waals surface area contributed by atoms with Gasteiger partial charge in [-0.25, -0.2) is 4.39 Å². The molecule has 1 fully saturated rings. The lowest BCUT2D eigenvalue weighted by Gasteiger charge is -2.43. The first-order chi connectivity index (χ1) is 18.1. The van der Waals surface area contributed by atoms with Gasteiger partial charge in [-0.1, -0.05) is 77.6 Å². The minimum absolute atomic E-state index is 0.0475. The Hall–Kier alpha value is -1.80. The molecule has 0 aromatic heterocycles. The smallest absolute Gasteiger partial charge is 0.171 e. The van der Waals surface area contributed by atoms with E-state index in [1.165, 1.54) is 0 Å². The minimum Gasteiger partial charge on any atom is -0.484 e. The summed E-state index contributed by atoms with van der Waals surface area (Å²) in [6, 6.07) is 6.59. The Balaban J connectivity index is 2.52. The Morgan fingerprint density at radius 3 is 2.03 bits per heavy atom. The second kappa shape index (κ2) is 18.5. The molecule has 1 aliphatic rings. The molecule has 1 aromatic rings. The summed E-state index contributed by atoms with van der Waals surface area (Å²) >= 11 is 0. The molecule has 0 bridgehead atoms.